The molecule has 0 amide bonds. The highest BCUT2D eigenvalue weighted by Crippen LogP contribution is 2.39. The van der Waals surface area contributed by atoms with Gasteiger partial charge in [0, 0.05) is 9.61 Å². The fourth-order valence-corrected chi connectivity index (χ4v) is 1.78. The van der Waals surface area contributed by atoms with Gasteiger partial charge < -0.3 is 5.73 Å². The van der Waals surface area contributed by atoms with Crippen LogP contribution in [0.1, 0.15) is 24.4 Å². The van der Waals surface area contributed by atoms with Gasteiger partial charge in [-0.2, -0.15) is 0 Å². The molecule has 0 unspecified atom stereocenters. The summed E-state index contributed by atoms with van der Waals surface area (Å²) >= 11 is 1.98. The fourth-order valence-electron chi connectivity index (χ4n) is 1.45. The number of rotatable bonds is 2. The summed E-state index contributed by atoms with van der Waals surface area (Å²) in [7, 11) is 0. The van der Waals surface area contributed by atoms with Crippen molar-refractivity contribution < 1.29 is 4.39 Å². The number of hydrogen-bond acceptors (Lipinski definition) is 1. The lowest BCUT2D eigenvalue weighted by atomic mass is 10.0. The van der Waals surface area contributed by atoms with Gasteiger partial charge in [-0.05, 0) is 59.0 Å². The number of halogens is 2. The molecule has 0 saturated heterocycles. The predicted octanol–water partition coefficient (Wildman–Crippen LogP) is 2.84. The molecule has 1 aliphatic rings. The molecule has 2 rings (SSSR count). The van der Waals surface area contributed by atoms with E-state index in [0.29, 0.717) is 9.49 Å². The molecule has 0 bridgehead atoms. The summed E-state index contributed by atoms with van der Waals surface area (Å²) in [4.78, 5) is 0. The van der Waals surface area contributed by atoms with Crippen molar-refractivity contribution in [1.82, 2.24) is 0 Å². The first-order valence-corrected chi connectivity index (χ1v) is 5.47. The number of hydrogen-bond donors (Lipinski definition) is 1. The third-order valence-corrected chi connectivity index (χ3v) is 3.33. The average Bonchev–Trinajstić information content (AvgIpc) is 2.91. The molecule has 70 valence electrons. The first-order valence-electron chi connectivity index (χ1n) is 4.39. The van der Waals surface area contributed by atoms with E-state index in [0.717, 1.165) is 5.56 Å². The number of nitrogens with two attached hydrogens (primary N) is 1. The normalized spacial score (nSPS) is 18.7. The van der Waals surface area contributed by atoms with Gasteiger partial charge in [-0.3, -0.25) is 0 Å². The van der Waals surface area contributed by atoms with Crippen molar-refractivity contribution in [3.63, 3.8) is 0 Å². The summed E-state index contributed by atoms with van der Waals surface area (Å²) in [6.45, 7) is 0. The minimum absolute atomic E-state index is 0.0338. The molecule has 0 radical (unpaired) electrons. The van der Waals surface area contributed by atoms with E-state index < -0.39 is 0 Å². The van der Waals surface area contributed by atoms with Crippen LogP contribution in [0.5, 0.6) is 0 Å². The van der Waals surface area contributed by atoms with Crippen LogP contribution in [-0.4, -0.2) is 0 Å². The molecular weight excluding hydrogens is 280 g/mol. The summed E-state index contributed by atoms with van der Waals surface area (Å²) in [6, 6.07) is 5.30. The number of benzene rings is 1. The Morgan fingerprint density at radius 2 is 2.15 bits per heavy atom. The molecule has 1 nitrogen and oxygen atoms in total. The van der Waals surface area contributed by atoms with Gasteiger partial charge in [0.1, 0.15) is 5.82 Å². The molecule has 0 spiro atoms. The van der Waals surface area contributed by atoms with E-state index in [2.05, 4.69) is 0 Å². The first-order chi connectivity index (χ1) is 6.18. The predicted molar refractivity (Wildman–Crippen MR) is 58.8 cm³/mol. The summed E-state index contributed by atoms with van der Waals surface area (Å²) in [5, 5.41) is 0. The van der Waals surface area contributed by atoms with Crippen LogP contribution >= 0.6 is 22.6 Å². The van der Waals surface area contributed by atoms with Gasteiger partial charge in [-0.25, -0.2) is 4.39 Å². The SMILES string of the molecule is N[C@@H](c1ccc(I)c(F)c1)C1CC1. The standard InChI is InChI=1S/C10H11FIN/c11-8-5-7(3-4-9(8)12)10(13)6-1-2-6/h3-6,10H,1-2,13H2/t10-/m1/s1. The Morgan fingerprint density at radius 1 is 1.46 bits per heavy atom. The highest BCUT2D eigenvalue weighted by Gasteiger charge is 2.29. The van der Waals surface area contributed by atoms with Crippen molar-refractivity contribution in [2.75, 3.05) is 0 Å². The molecule has 1 fully saturated rings. The van der Waals surface area contributed by atoms with Gasteiger partial charge in [-0.15, -0.1) is 0 Å². The van der Waals surface area contributed by atoms with E-state index in [1.54, 1.807) is 12.1 Å². The zero-order valence-electron chi connectivity index (χ0n) is 7.13. The monoisotopic (exact) mass is 291 g/mol. The van der Waals surface area contributed by atoms with E-state index in [4.69, 9.17) is 5.73 Å². The maximum atomic E-state index is 13.2. The van der Waals surface area contributed by atoms with E-state index in [-0.39, 0.29) is 11.9 Å². The van der Waals surface area contributed by atoms with E-state index in [1.165, 1.54) is 12.8 Å². The zero-order chi connectivity index (χ0) is 9.42. The van der Waals surface area contributed by atoms with Gasteiger partial charge >= 0.3 is 0 Å². The largest absolute Gasteiger partial charge is 0.324 e. The molecule has 0 aliphatic heterocycles. The Bertz CT molecular complexity index is 323. The molecule has 0 aromatic heterocycles. The van der Waals surface area contributed by atoms with E-state index in [1.807, 2.05) is 28.7 Å². The third kappa shape index (κ3) is 2.02. The zero-order valence-corrected chi connectivity index (χ0v) is 9.29. The Labute approximate surface area is 90.7 Å². The third-order valence-electron chi connectivity index (χ3n) is 2.46. The highest BCUT2D eigenvalue weighted by molar-refractivity contribution is 14.1. The lowest BCUT2D eigenvalue weighted by Gasteiger charge is -2.10. The van der Waals surface area contributed by atoms with Crippen molar-refractivity contribution in [3.8, 4) is 0 Å². The molecule has 2 N–H and O–H groups in total. The van der Waals surface area contributed by atoms with Gasteiger partial charge in [0.2, 0.25) is 0 Å². The molecular formula is C10H11FIN. The van der Waals surface area contributed by atoms with Crippen LogP contribution in [-0.2, 0) is 0 Å². The Kier molecular flexibility index (Phi) is 2.55. The van der Waals surface area contributed by atoms with Gasteiger partial charge in [0.15, 0.2) is 0 Å². The smallest absolute Gasteiger partial charge is 0.136 e. The van der Waals surface area contributed by atoms with Crippen LogP contribution in [0.4, 0.5) is 4.39 Å². The summed E-state index contributed by atoms with van der Waals surface area (Å²) < 4.78 is 13.8. The van der Waals surface area contributed by atoms with E-state index >= 15 is 0 Å². The van der Waals surface area contributed by atoms with Crippen molar-refractivity contribution in [3.05, 3.63) is 33.1 Å². The molecule has 1 aliphatic carbocycles. The Hall–Kier alpha value is -0.160. The molecule has 1 aromatic carbocycles. The fraction of sp³-hybridized carbons (Fsp3) is 0.400. The maximum absolute atomic E-state index is 13.2. The van der Waals surface area contributed by atoms with Crippen LogP contribution in [0.15, 0.2) is 18.2 Å². The first kappa shape index (κ1) is 9.40. The molecule has 13 heavy (non-hydrogen) atoms. The van der Waals surface area contributed by atoms with Crippen molar-refractivity contribution in [2.45, 2.75) is 18.9 Å². The minimum atomic E-state index is -0.158. The molecule has 3 heteroatoms. The molecule has 0 heterocycles. The van der Waals surface area contributed by atoms with Gasteiger partial charge in [0.05, 0.1) is 0 Å². The molecule has 1 saturated carbocycles. The molecule has 1 atom stereocenters. The van der Waals surface area contributed by atoms with Crippen LogP contribution in [0, 0.1) is 15.3 Å². The van der Waals surface area contributed by atoms with E-state index in [9.17, 15) is 4.39 Å². The second-order valence-electron chi connectivity index (χ2n) is 3.54. The van der Waals surface area contributed by atoms with Crippen molar-refractivity contribution in [2.24, 2.45) is 11.7 Å². The Morgan fingerprint density at radius 3 is 2.69 bits per heavy atom. The summed E-state index contributed by atoms with van der Waals surface area (Å²) in [6.07, 6.45) is 2.38. The average molecular weight is 291 g/mol. The van der Waals surface area contributed by atoms with Gasteiger partial charge in [-0.1, -0.05) is 6.07 Å². The topological polar surface area (TPSA) is 26.0 Å². The van der Waals surface area contributed by atoms with Crippen LogP contribution in [0.3, 0.4) is 0 Å². The second-order valence-corrected chi connectivity index (χ2v) is 4.70. The van der Waals surface area contributed by atoms with Crippen molar-refractivity contribution in [1.29, 1.82) is 0 Å². The van der Waals surface area contributed by atoms with Crippen LogP contribution in [0.2, 0.25) is 0 Å². The van der Waals surface area contributed by atoms with Gasteiger partial charge in [0.25, 0.3) is 0 Å². The second kappa shape index (κ2) is 3.53. The Balaban J connectivity index is 2.24. The highest BCUT2D eigenvalue weighted by atomic mass is 127. The van der Waals surface area contributed by atoms with Crippen LogP contribution < -0.4 is 5.73 Å². The lowest BCUT2D eigenvalue weighted by Crippen LogP contribution is -2.12. The quantitative estimate of drug-likeness (QED) is 0.833. The summed E-state index contributed by atoms with van der Waals surface area (Å²) in [5.74, 6) is 0.425. The summed E-state index contributed by atoms with van der Waals surface area (Å²) in [5.41, 5.74) is 6.88. The minimum Gasteiger partial charge on any atom is -0.324 e. The van der Waals surface area contributed by atoms with Crippen molar-refractivity contribution >= 4 is 22.6 Å². The maximum Gasteiger partial charge on any atom is 0.136 e. The molecule has 1 aromatic rings. The van der Waals surface area contributed by atoms with Crippen LogP contribution in [0.25, 0.3) is 0 Å². The lowest BCUT2D eigenvalue weighted by molar-refractivity contribution is 0.597.